The summed E-state index contributed by atoms with van der Waals surface area (Å²) in [4.78, 5) is 29.2. The molecule has 1 atom stereocenters. The maximum Gasteiger partial charge on any atom is 0.247 e. The highest BCUT2D eigenvalue weighted by Crippen LogP contribution is 2.32. The van der Waals surface area contributed by atoms with E-state index in [4.69, 9.17) is 21.1 Å². The van der Waals surface area contributed by atoms with Gasteiger partial charge in [0.25, 0.3) is 0 Å². The predicted octanol–water partition coefficient (Wildman–Crippen LogP) is 5.70. The van der Waals surface area contributed by atoms with Gasteiger partial charge in [0.15, 0.2) is 11.5 Å². The SMILES string of the molecule is O=C(NCc1ccc2c(c1)OCO2)[C@@H](c1ccccc1)N(Cc1ccc(Cl)cc1)C(=O)Cc1ccccc1. The van der Waals surface area contributed by atoms with Crippen LogP contribution in [0.3, 0.4) is 0 Å². The van der Waals surface area contributed by atoms with Crippen LogP contribution in [0.5, 0.6) is 11.5 Å². The second-order valence-corrected chi connectivity index (χ2v) is 9.47. The lowest BCUT2D eigenvalue weighted by molar-refractivity contribution is -0.141. The molecule has 0 spiro atoms. The number of fused-ring (bicyclic) bond motifs is 1. The summed E-state index contributed by atoms with van der Waals surface area (Å²) in [6.07, 6.45) is 0.174. The van der Waals surface area contributed by atoms with Gasteiger partial charge in [0.2, 0.25) is 18.6 Å². The Morgan fingerprint density at radius 3 is 2.18 bits per heavy atom. The van der Waals surface area contributed by atoms with Gasteiger partial charge in [-0.2, -0.15) is 0 Å². The highest BCUT2D eigenvalue weighted by atomic mass is 35.5. The van der Waals surface area contributed by atoms with Crippen LogP contribution in [0.15, 0.2) is 103 Å². The van der Waals surface area contributed by atoms with E-state index in [2.05, 4.69) is 5.32 Å². The van der Waals surface area contributed by atoms with Gasteiger partial charge in [-0.3, -0.25) is 9.59 Å². The van der Waals surface area contributed by atoms with E-state index >= 15 is 0 Å². The average Bonchev–Trinajstić information content (AvgIpc) is 3.42. The van der Waals surface area contributed by atoms with Crippen LogP contribution in [-0.4, -0.2) is 23.5 Å². The molecule has 0 saturated carbocycles. The van der Waals surface area contributed by atoms with Gasteiger partial charge < -0.3 is 19.7 Å². The summed E-state index contributed by atoms with van der Waals surface area (Å²) in [5, 5.41) is 3.64. The number of carbonyl (C=O) groups is 2. The Labute approximate surface area is 226 Å². The number of hydrogen-bond acceptors (Lipinski definition) is 4. The van der Waals surface area contributed by atoms with E-state index in [1.165, 1.54) is 0 Å². The molecule has 5 rings (SSSR count). The quantitative estimate of drug-likeness (QED) is 0.304. The largest absolute Gasteiger partial charge is 0.454 e. The second kappa shape index (κ2) is 11.8. The number of carbonyl (C=O) groups excluding carboxylic acids is 2. The van der Waals surface area contributed by atoms with E-state index in [1.807, 2.05) is 91.0 Å². The van der Waals surface area contributed by atoms with Crippen LogP contribution >= 0.6 is 11.6 Å². The molecule has 1 heterocycles. The van der Waals surface area contributed by atoms with Crippen molar-refractivity contribution >= 4 is 23.4 Å². The molecular weight excluding hydrogens is 500 g/mol. The molecule has 1 N–H and O–H groups in total. The Kier molecular flexibility index (Phi) is 7.90. The average molecular weight is 527 g/mol. The molecule has 0 unspecified atom stereocenters. The summed E-state index contributed by atoms with van der Waals surface area (Å²) in [6, 6.07) is 31.0. The number of amides is 2. The second-order valence-electron chi connectivity index (χ2n) is 9.03. The number of ether oxygens (including phenoxy) is 2. The van der Waals surface area contributed by atoms with Gasteiger partial charge in [-0.05, 0) is 46.5 Å². The first kappa shape index (κ1) is 25.4. The van der Waals surface area contributed by atoms with E-state index < -0.39 is 6.04 Å². The minimum Gasteiger partial charge on any atom is -0.454 e. The molecule has 0 radical (unpaired) electrons. The molecule has 1 aliphatic rings. The van der Waals surface area contributed by atoms with Gasteiger partial charge in [-0.25, -0.2) is 0 Å². The zero-order chi connectivity index (χ0) is 26.3. The minimum atomic E-state index is -0.836. The lowest BCUT2D eigenvalue weighted by atomic mass is 10.0. The maximum atomic E-state index is 13.8. The number of halogens is 1. The molecule has 0 fully saturated rings. The molecule has 2 amide bonds. The van der Waals surface area contributed by atoms with Crippen molar-refractivity contribution in [3.8, 4) is 11.5 Å². The van der Waals surface area contributed by atoms with E-state index in [9.17, 15) is 9.59 Å². The molecule has 4 aromatic carbocycles. The zero-order valence-corrected chi connectivity index (χ0v) is 21.4. The molecule has 6 nitrogen and oxygen atoms in total. The number of benzene rings is 4. The van der Waals surface area contributed by atoms with Crippen LogP contribution in [0.25, 0.3) is 0 Å². The van der Waals surface area contributed by atoms with Crippen LogP contribution in [0.1, 0.15) is 28.3 Å². The van der Waals surface area contributed by atoms with E-state index in [0.717, 1.165) is 22.3 Å². The lowest BCUT2D eigenvalue weighted by Gasteiger charge is -2.32. The fraction of sp³-hybridized carbons (Fsp3) is 0.161. The Balaban J connectivity index is 1.44. The molecule has 0 bridgehead atoms. The Morgan fingerprint density at radius 2 is 1.45 bits per heavy atom. The molecule has 0 saturated heterocycles. The van der Waals surface area contributed by atoms with Crippen molar-refractivity contribution in [2.45, 2.75) is 25.6 Å². The highest BCUT2D eigenvalue weighted by molar-refractivity contribution is 6.30. The monoisotopic (exact) mass is 526 g/mol. The van der Waals surface area contributed by atoms with Crippen LogP contribution in [0.2, 0.25) is 5.02 Å². The summed E-state index contributed by atoms with van der Waals surface area (Å²) >= 11 is 6.10. The number of hydrogen-bond donors (Lipinski definition) is 1. The molecule has 0 aromatic heterocycles. The van der Waals surface area contributed by atoms with Crippen LogP contribution in [0, 0.1) is 0 Å². The van der Waals surface area contributed by atoms with Crippen molar-refractivity contribution in [2.75, 3.05) is 6.79 Å². The molecular formula is C31H27ClN2O4. The third kappa shape index (κ3) is 6.15. The minimum absolute atomic E-state index is 0.154. The van der Waals surface area contributed by atoms with Crippen LogP contribution < -0.4 is 14.8 Å². The fourth-order valence-corrected chi connectivity index (χ4v) is 4.55. The van der Waals surface area contributed by atoms with Gasteiger partial charge in [-0.1, -0.05) is 90.5 Å². The molecule has 7 heteroatoms. The Hall–Kier alpha value is -4.29. The van der Waals surface area contributed by atoms with Gasteiger partial charge >= 0.3 is 0 Å². The topological polar surface area (TPSA) is 67.9 Å². The zero-order valence-electron chi connectivity index (χ0n) is 20.7. The van der Waals surface area contributed by atoms with Crippen LogP contribution in [0.4, 0.5) is 0 Å². The number of rotatable bonds is 9. The predicted molar refractivity (Wildman–Crippen MR) is 146 cm³/mol. The standard InChI is InChI=1S/C31H27ClN2O4/c32-26-14-11-23(12-15-26)20-34(29(35)18-22-7-3-1-4-8-22)30(25-9-5-2-6-10-25)31(36)33-19-24-13-16-27-28(17-24)38-21-37-27/h1-17,30H,18-21H2,(H,33,36)/t30-/m1/s1. The van der Waals surface area contributed by atoms with E-state index in [0.29, 0.717) is 16.5 Å². The highest BCUT2D eigenvalue weighted by Gasteiger charge is 2.31. The Bertz CT molecular complexity index is 1390. The Morgan fingerprint density at radius 1 is 0.789 bits per heavy atom. The summed E-state index contributed by atoms with van der Waals surface area (Å²) < 4.78 is 10.9. The maximum absolute atomic E-state index is 13.8. The molecule has 1 aliphatic heterocycles. The fourth-order valence-electron chi connectivity index (χ4n) is 4.43. The lowest BCUT2D eigenvalue weighted by Crippen LogP contribution is -2.43. The van der Waals surface area contributed by atoms with Crippen molar-refractivity contribution in [2.24, 2.45) is 0 Å². The van der Waals surface area contributed by atoms with Crippen molar-refractivity contribution in [1.29, 1.82) is 0 Å². The van der Waals surface area contributed by atoms with Crippen molar-refractivity contribution in [3.63, 3.8) is 0 Å². The normalized spacial score (nSPS) is 12.6. The molecule has 192 valence electrons. The van der Waals surface area contributed by atoms with Crippen LogP contribution in [-0.2, 0) is 29.1 Å². The third-order valence-electron chi connectivity index (χ3n) is 6.36. The van der Waals surface area contributed by atoms with Gasteiger partial charge in [0.1, 0.15) is 6.04 Å². The molecule has 4 aromatic rings. The van der Waals surface area contributed by atoms with Crippen molar-refractivity contribution < 1.29 is 19.1 Å². The third-order valence-corrected chi connectivity index (χ3v) is 6.62. The summed E-state index contributed by atoms with van der Waals surface area (Å²) in [6.45, 7) is 0.713. The van der Waals surface area contributed by atoms with Crippen molar-refractivity contribution in [1.82, 2.24) is 10.2 Å². The van der Waals surface area contributed by atoms with E-state index in [1.54, 1.807) is 17.0 Å². The van der Waals surface area contributed by atoms with Crippen molar-refractivity contribution in [3.05, 3.63) is 130 Å². The number of nitrogens with one attached hydrogen (secondary N) is 1. The first-order valence-electron chi connectivity index (χ1n) is 12.4. The smallest absolute Gasteiger partial charge is 0.247 e. The summed E-state index contributed by atoms with van der Waals surface area (Å²) in [5.74, 6) is 0.907. The van der Waals surface area contributed by atoms with Gasteiger partial charge in [-0.15, -0.1) is 0 Å². The van der Waals surface area contributed by atoms with Gasteiger partial charge in [0, 0.05) is 18.1 Å². The summed E-state index contributed by atoms with van der Waals surface area (Å²) in [7, 11) is 0. The first-order chi connectivity index (χ1) is 18.6. The summed E-state index contributed by atoms with van der Waals surface area (Å²) in [5.41, 5.74) is 3.35. The molecule has 0 aliphatic carbocycles. The van der Waals surface area contributed by atoms with Gasteiger partial charge in [0.05, 0.1) is 6.42 Å². The first-order valence-corrected chi connectivity index (χ1v) is 12.7. The van der Waals surface area contributed by atoms with E-state index in [-0.39, 0.29) is 38.1 Å². The number of nitrogens with zero attached hydrogens (tertiary/aromatic N) is 1. The molecule has 38 heavy (non-hydrogen) atoms.